The second kappa shape index (κ2) is 7.49. The van der Waals surface area contributed by atoms with Crippen LogP contribution in [0.5, 0.6) is 5.75 Å². The lowest BCUT2D eigenvalue weighted by atomic mass is 10.1. The highest BCUT2D eigenvalue weighted by Gasteiger charge is 2.20. The van der Waals surface area contributed by atoms with Crippen LogP contribution in [0.1, 0.15) is 13.8 Å². The van der Waals surface area contributed by atoms with Gasteiger partial charge in [0.25, 0.3) is 0 Å². The summed E-state index contributed by atoms with van der Waals surface area (Å²) in [6, 6.07) is 6.18. The van der Waals surface area contributed by atoms with E-state index in [1.165, 1.54) is 0 Å². The number of urea groups is 1. The Morgan fingerprint density at radius 3 is 2.57 bits per heavy atom. The van der Waals surface area contributed by atoms with E-state index in [0.29, 0.717) is 18.0 Å². The summed E-state index contributed by atoms with van der Waals surface area (Å²) in [7, 11) is 1.55. The quantitative estimate of drug-likeness (QED) is 0.711. The predicted octanol–water partition coefficient (Wildman–Crippen LogP) is 1.70. The van der Waals surface area contributed by atoms with Gasteiger partial charge in [0.1, 0.15) is 5.75 Å². The minimum atomic E-state index is -1.09. The molecule has 116 valence electrons. The maximum Gasteiger partial charge on any atom is 0.341 e. The number of nitrogens with one attached hydrogen (secondary N) is 2. The van der Waals surface area contributed by atoms with Crippen LogP contribution in [0.25, 0.3) is 0 Å². The molecule has 0 radical (unpaired) electrons. The largest absolute Gasteiger partial charge is 0.480 e. The van der Waals surface area contributed by atoms with Crippen LogP contribution < -0.4 is 15.4 Å². The summed E-state index contributed by atoms with van der Waals surface area (Å²) in [5.74, 6) is -0.796. The number of carbonyl (C=O) groups excluding carboxylic acids is 1. The number of hydrogen-bond acceptors (Lipinski definition) is 4. The number of benzene rings is 1. The molecular weight excluding hydrogens is 276 g/mol. The highest BCUT2D eigenvalue weighted by molar-refractivity contribution is 5.91. The molecule has 2 amide bonds. The lowest BCUT2D eigenvalue weighted by Gasteiger charge is -2.25. The first kappa shape index (κ1) is 16.8. The van der Waals surface area contributed by atoms with Gasteiger partial charge in [-0.25, -0.2) is 9.59 Å². The van der Waals surface area contributed by atoms with E-state index < -0.39 is 24.1 Å². The molecule has 0 aliphatic heterocycles. The second-order valence-corrected chi connectivity index (χ2v) is 5.07. The van der Waals surface area contributed by atoms with Gasteiger partial charge in [0.15, 0.2) is 6.61 Å². The summed E-state index contributed by atoms with van der Waals surface area (Å²) in [6.07, 6.45) is 0. The summed E-state index contributed by atoms with van der Waals surface area (Å²) >= 11 is 0. The van der Waals surface area contributed by atoms with Crippen molar-refractivity contribution in [3.63, 3.8) is 0 Å². The topological polar surface area (TPSA) is 96.9 Å². The molecule has 0 saturated carbocycles. The van der Waals surface area contributed by atoms with E-state index in [1.54, 1.807) is 31.4 Å². The number of aliphatic carboxylic acids is 1. The van der Waals surface area contributed by atoms with Gasteiger partial charge in [0, 0.05) is 7.11 Å². The van der Waals surface area contributed by atoms with Crippen LogP contribution >= 0.6 is 0 Å². The van der Waals surface area contributed by atoms with Crippen molar-refractivity contribution in [3.8, 4) is 5.75 Å². The molecule has 0 heterocycles. The van der Waals surface area contributed by atoms with E-state index in [2.05, 4.69) is 10.6 Å². The van der Waals surface area contributed by atoms with Crippen molar-refractivity contribution in [2.45, 2.75) is 19.4 Å². The fraction of sp³-hybridized carbons (Fsp3) is 0.429. The van der Waals surface area contributed by atoms with Gasteiger partial charge in [0.2, 0.25) is 0 Å². The van der Waals surface area contributed by atoms with Crippen molar-refractivity contribution in [2.24, 2.45) is 0 Å². The van der Waals surface area contributed by atoms with Crippen molar-refractivity contribution in [1.29, 1.82) is 0 Å². The number of rotatable bonds is 7. The van der Waals surface area contributed by atoms with E-state index >= 15 is 0 Å². The van der Waals surface area contributed by atoms with E-state index in [-0.39, 0.29) is 0 Å². The standard InChI is InChI=1S/C14H20N2O5/c1-14(2,9-20-3)16-13(19)15-10-6-4-5-7-11(10)21-8-12(17)18/h4-7H,8-9H2,1-3H3,(H,17,18)(H2,15,16,19). The lowest BCUT2D eigenvalue weighted by Crippen LogP contribution is -2.48. The third-order valence-corrected chi connectivity index (χ3v) is 2.44. The molecule has 7 nitrogen and oxygen atoms in total. The van der Waals surface area contributed by atoms with Crippen molar-refractivity contribution in [3.05, 3.63) is 24.3 Å². The number of anilines is 1. The van der Waals surface area contributed by atoms with Crippen molar-refractivity contribution in [1.82, 2.24) is 5.32 Å². The van der Waals surface area contributed by atoms with Crippen LogP contribution in [0.4, 0.5) is 10.5 Å². The number of carbonyl (C=O) groups is 2. The Balaban J connectivity index is 2.69. The summed E-state index contributed by atoms with van der Waals surface area (Å²) < 4.78 is 10.1. The number of hydrogen-bond donors (Lipinski definition) is 3. The third-order valence-electron chi connectivity index (χ3n) is 2.44. The van der Waals surface area contributed by atoms with Crippen LogP contribution in [0.2, 0.25) is 0 Å². The Bertz CT molecular complexity index is 502. The van der Waals surface area contributed by atoms with E-state index in [9.17, 15) is 9.59 Å². The predicted molar refractivity (Wildman–Crippen MR) is 77.7 cm³/mol. The smallest absolute Gasteiger partial charge is 0.341 e. The Morgan fingerprint density at radius 2 is 1.95 bits per heavy atom. The monoisotopic (exact) mass is 296 g/mol. The van der Waals surface area contributed by atoms with Gasteiger partial charge < -0.3 is 25.2 Å². The van der Waals surface area contributed by atoms with Gasteiger partial charge in [-0.1, -0.05) is 12.1 Å². The third kappa shape index (κ3) is 6.13. The van der Waals surface area contributed by atoms with Crippen LogP contribution in [0.15, 0.2) is 24.3 Å². The summed E-state index contributed by atoms with van der Waals surface area (Å²) in [4.78, 5) is 22.5. The van der Waals surface area contributed by atoms with E-state index in [4.69, 9.17) is 14.6 Å². The first-order chi connectivity index (χ1) is 9.84. The Morgan fingerprint density at radius 1 is 1.29 bits per heavy atom. The van der Waals surface area contributed by atoms with Gasteiger partial charge in [-0.2, -0.15) is 0 Å². The van der Waals surface area contributed by atoms with Crippen LogP contribution in [-0.4, -0.2) is 43.0 Å². The van der Waals surface area contributed by atoms with Gasteiger partial charge in [-0.05, 0) is 26.0 Å². The highest BCUT2D eigenvalue weighted by atomic mass is 16.5. The maximum atomic E-state index is 11.9. The molecule has 0 fully saturated rings. The Labute approximate surface area is 123 Å². The lowest BCUT2D eigenvalue weighted by molar-refractivity contribution is -0.139. The zero-order chi connectivity index (χ0) is 15.9. The summed E-state index contributed by atoms with van der Waals surface area (Å²) in [5.41, 5.74) is -0.139. The molecule has 1 aromatic rings. The molecule has 21 heavy (non-hydrogen) atoms. The molecule has 0 atom stereocenters. The molecule has 0 aliphatic carbocycles. The number of carboxylic acids is 1. The highest BCUT2D eigenvalue weighted by Crippen LogP contribution is 2.23. The fourth-order valence-corrected chi connectivity index (χ4v) is 1.69. The molecule has 0 spiro atoms. The van der Waals surface area contributed by atoms with Crippen LogP contribution in [0, 0.1) is 0 Å². The Hall–Kier alpha value is -2.28. The number of amides is 2. The number of ether oxygens (including phenoxy) is 2. The van der Waals surface area contributed by atoms with Crippen LogP contribution in [0.3, 0.4) is 0 Å². The summed E-state index contributed by atoms with van der Waals surface area (Å²) in [6.45, 7) is 3.53. The molecule has 0 saturated heterocycles. The van der Waals surface area contributed by atoms with E-state index in [0.717, 1.165) is 0 Å². The average molecular weight is 296 g/mol. The Kier molecular flexibility index (Phi) is 5.98. The van der Waals surface area contributed by atoms with Crippen molar-refractivity contribution < 1.29 is 24.2 Å². The molecule has 3 N–H and O–H groups in total. The first-order valence-electron chi connectivity index (χ1n) is 6.36. The number of methoxy groups -OCH3 is 1. The zero-order valence-corrected chi connectivity index (χ0v) is 12.3. The molecule has 0 bridgehead atoms. The van der Waals surface area contributed by atoms with Crippen molar-refractivity contribution in [2.75, 3.05) is 25.6 Å². The first-order valence-corrected chi connectivity index (χ1v) is 6.36. The molecule has 0 aliphatic rings. The maximum absolute atomic E-state index is 11.9. The molecule has 1 rings (SSSR count). The van der Waals surface area contributed by atoms with Gasteiger partial charge in [-0.15, -0.1) is 0 Å². The molecule has 0 aromatic heterocycles. The molecule has 0 unspecified atom stereocenters. The van der Waals surface area contributed by atoms with Gasteiger partial charge in [0.05, 0.1) is 17.8 Å². The minimum absolute atomic E-state index is 0.291. The average Bonchev–Trinajstić information content (AvgIpc) is 2.36. The minimum Gasteiger partial charge on any atom is -0.480 e. The van der Waals surface area contributed by atoms with Crippen LogP contribution in [-0.2, 0) is 9.53 Å². The van der Waals surface area contributed by atoms with Crippen molar-refractivity contribution >= 4 is 17.7 Å². The zero-order valence-electron chi connectivity index (χ0n) is 12.3. The molecule has 7 heteroatoms. The van der Waals surface area contributed by atoms with Gasteiger partial charge in [-0.3, -0.25) is 0 Å². The number of para-hydroxylation sites is 2. The molecule has 1 aromatic carbocycles. The second-order valence-electron chi connectivity index (χ2n) is 5.07. The number of carboxylic acid groups (broad SMARTS) is 1. The molecular formula is C14H20N2O5. The SMILES string of the molecule is COCC(C)(C)NC(=O)Nc1ccccc1OCC(=O)O. The fourth-order valence-electron chi connectivity index (χ4n) is 1.69. The normalized spacial score (nSPS) is 10.8. The van der Waals surface area contributed by atoms with E-state index in [1.807, 2.05) is 13.8 Å². The van der Waals surface area contributed by atoms with Gasteiger partial charge >= 0.3 is 12.0 Å². The summed E-state index contributed by atoms with van der Waals surface area (Å²) in [5, 5.41) is 14.0.